The first-order chi connectivity index (χ1) is 16.5. The molecule has 3 N–H and O–H groups in total. The Balaban J connectivity index is 1.52. The zero-order chi connectivity index (χ0) is 23.4. The quantitative estimate of drug-likeness (QED) is 0.421. The molecule has 1 amide bonds. The van der Waals surface area contributed by atoms with Crippen molar-refractivity contribution in [2.75, 3.05) is 32.1 Å². The highest BCUT2D eigenvalue weighted by Gasteiger charge is 2.36. The molecular weight excluding hydrogens is 448 g/mol. The van der Waals surface area contributed by atoms with E-state index in [1.54, 1.807) is 11.3 Å². The van der Waals surface area contributed by atoms with Crippen molar-refractivity contribution in [3.05, 3.63) is 53.2 Å². The summed E-state index contributed by atoms with van der Waals surface area (Å²) in [6.07, 6.45) is 2.77. The maximum Gasteiger partial charge on any atom is 0.254 e. The van der Waals surface area contributed by atoms with Crippen molar-refractivity contribution in [3.8, 4) is 0 Å². The number of amides is 1. The number of hydrogen-bond acceptors (Lipinski definition) is 7. The lowest BCUT2D eigenvalue weighted by Gasteiger charge is -2.35. The van der Waals surface area contributed by atoms with E-state index in [2.05, 4.69) is 34.2 Å². The van der Waals surface area contributed by atoms with Gasteiger partial charge in [0.2, 0.25) is 5.95 Å². The number of aromatic nitrogens is 3. The monoisotopic (exact) mass is 474 g/mol. The van der Waals surface area contributed by atoms with Gasteiger partial charge in [0.15, 0.2) is 6.23 Å². The van der Waals surface area contributed by atoms with Gasteiger partial charge >= 0.3 is 0 Å². The summed E-state index contributed by atoms with van der Waals surface area (Å²) in [5.41, 5.74) is 4.11. The van der Waals surface area contributed by atoms with Crippen molar-refractivity contribution < 1.29 is 9.90 Å². The minimum Gasteiger partial charge on any atom is -0.369 e. The molecule has 1 aromatic carbocycles. The molecule has 4 aromatic rings. The van der Waals surface area contributed by atoms with Gasteiger partial charge in [0.05, 0.1) is 27.0 Å². The third-order valence-electron chi connectivity index (χ3n) is 6.91. The molecule has 0 radical (unpaired) electrons. The van der Waals surface area contributed by atoms with Gasteiger partial charge in [0.25, 0.3) is 5.91 Å². The molecule has 2 aliphatic rings. The number of aliphatic hydroxyl groups is 1. The van der Waals surface area contributed by atoms with Crippen LogP contribution in [0.5, 0.6) is 0 Å². The van der Waals surface area contributed by atoms with Crippen LogP contribution < -0.4 is 10.2 Å². The molecule has 1 atom stereocenters. The molecule has 1 fully saturated rings. The lowest BCUT2D eigenvalue weighted by atomic mass is 9.98. The number of piperidine rings is 1. The molecule has 0 bridgehead atoms. The van der Waals surface area contributed by atoms with Gasteiger partial charge in [-0.1, -0.05) is 18.2 Å². The SMILES string of the molecule is CN(C)C1CCN(c2nc(C3=C(c4c[nH]c5ccsc45)C(=O)NC3O)c3ccccc3n2)CC1. The zero-order valence-corrected chi connectivity index (χ0v) is 19.9. The molecule has 0 saturated carbocycles. The summed E-state index contributed by atoms with van der Waals surface area (Å²) in [7, 11) is 4.24. The largest absolute Gasteiger partial charge is 0.369 e. The fourth-order valence-electron chi connectivity index (χ4n) is 5.07. The molecule has 2 aliphatic heterocycles. The molecule has 174 valence electrons. The van der Waals surface area contributed by atoms with Crippen LogP contribution >= 0.6 is 11.3 Å². The number of carbonyl (C=O) groups excluding carboxylic acids is 1. The number of aliphatic hydroxyl groups excluding tert-OH is 1. The fraction of sp³-hybridized carbons (Fsp3) is 0.320. The number of nitrogens with one attached hydrogen (secondary N) is 2. The van der Waals surface area contributed by atoms with Crippen LogP contribution in [0.1, 0.15) is 24.1 Å². The number of hydrogen-bond donors (Lipinski definition) is 3. The van der Waals surface area contributed by atoms with Crippen LogP contribution in [0, 0.1) is 0 Å². The molecule has 6 rings (SSSR count). The lowest BCUT2D eigenvalue weighted by molar-refractivity contribution is -0.116. The van der Waals surface area contributed by atoms with Crippen molar-refractivity contribution in [1.29, 1.82) is 0 Å². The minimum absolute atomic E-state index is 0.298. The number of para-hydroxylation sites is 1. The number of carbonyl (C=O) groups is 1. The number of anilines is 1. The second-order valence-corrected chi connectivity index (χ2v) is 10.0. The Hall–Kier alpha value is -3.27. The van der Waals surface area contributed by atoms with Gasteiger partial charge in [-0.3, -0.25) is 4.79 Å². The van der Waals surface area contributed by atoms with Crippen molar-refractivity contribution >= 4 is 55.5 Å². The summed E-state index contributed by atoms with van der Waals surface area (Å²) >= 11 is 1.57. The number of fused-ring (bicyclic) bond motifs is 2. The molecule has 3 aromatic heterocycles. The summed E-state index contributed by atoms with van der Waals surface area (Å²) in [6, 6.07) is 10.3. The number of rotatable bonds is 4. The first-order valence-electron chi connectivity index (χ1n) is 11.5. The van der Waals surface area contributed by atoms with Crippen LogP contribution in [0.15, 0.2) is 41.9 Å². The summed E-state index contributed by atoms with van der Waals surface area (Å²) in [4.78, 5) is 30.6. The molecule has 34 heavy (non-hydrogen) atoms. The number of aromatic amines is 1. The van der Waals surface area contributed by atoms with Crippen LogP contribution in [0.2, 0.25) is 0 Å². The van der Waals surface area contributed by atoms with Crippen LogP contribution in [0.4, 0.5) is 5.95 Å². The highest BCUT2D eigenvalue weighted by atomic mass is 32.1. The Morgan fingerprint density at radius 2 is 1.94 bits per heavy atom. The van der Waals surface area contributed by atoms with Gasteiger partial charge in [-0.15, -0.1) is 11.3 Å². The molecule has 1 unspecified atom stereocenters. The van der Waals surface area contributed by atoms with E-state index in [9.17, 15) is 9.90 Å². The van der Waals surface area contributed by atoms with Gasteiger partial charge in [-0.2, -0.15) is 0 Å². The van der Waals surface area contributed by atoms with E-state index in [1.807, 2.05) is 41.9 Å². The predicted molar refractivity (Wildman–Crippen MR) is 136 cm³/mol. The van der Waals surface area contributed by atoms with Gasteiger partial charge in [0, 0.05) is 41.9 Å². The van der Waals surface area contributed by atoms with Crippen molar-refractivity contribution in [3.63, 3.8) is 0 Å². The minimum atomic E-state index is -1.14. The average Bonchev–Trinajstić information content (AvgIpc) is 3.53. The smallest absolute Gasteiger partial charge is 0.254 e. The van der Waals surface area contributed by atoms with E-state index < -0.39 is 6.23 Å². The number of thiophene rings is 1. The average molecular weight is 475 g/mol. The third kappa shape index (κ3) is 3.39. The fourth-order valence-corrected chi connectivity index (χ4v) is 5.95. The molecule has 0 aliphatic carbocycles. The first kappa shape index (κ1) is 21.3. The summed E-state index contributed by atoms with van der Waals surface area (Å²) in [5, 5.41) is 16.5. The van der Waals surface area contributed by atoms with E-state index in [1.165, 1.54) is 0 Å². The Labute approximate surface area is 200 Å². The molecule has 8 nitrogen and oxygen atoms in total. The first-order valence-corrected chi connectivity index (χ1v) is 12.4. The van der Waals surface area contributed by atoms with E-state index in [-0.39, 0.29) is 5.91 Å². The molecule has 1 saturated heterocycles. The van der Waals surface area contributed by atoms with Crippen LogP contribution in [0.3, 0.4) is 0 Å². The second kappa shape index (κ2) is 8.19. The maximum atomic E-state index is 13.1. The van der Waals surface area contributed by atoms with Gasteiger partial charge < -0.3 is 25.2 Å². The van der Waals surface area contributed by atoms with Crippen molar-refractivity contribution in [2.45, 2.75) is 25.1 Å². The van der Waals surface area contributed by atoms with Gasteiger partial charge in [-0.05, 0) is 44.4 Å². The normalized spacial score (nSPS) is 19.7. The van der Waals surface area contributed by atoms with E-state index >= 15 is 0 Å². The van der Waals surface area contributed by atoms with Gasteiger partial charge in [0.1, 0.15) is 0 Å². The van der Waals surface area contributed by atoms with Gasteiger partial charge in [-0.25, -0.2) is 9.97 Å². The Morgan fingerprint density at radius 3 is 2.74 bits per heavy atom. The van der Waals surface area contributed by atoms with Crippen molar-refractivity contribution in [2.24, 2.45) is 0 Å². The second-order valence-electron chi connectivity index (χ2n) is 9.10. The highest BCUT2D eigenvalue weighted by Crippen LogP contribution is 2.40. The van der Waals surface area contributed by atoms with Crippen molar-refractivity contribution in [1.82, 2.24) is 25.2 Å². The highest BCUT2D eigenvalue weighted by molar-refractivity contribution is 7.17. The molecule has 9 heteroatoms. The van der Waals surface area contributed by atoms with Crippen LogP contribution in [0.25, 0.3) is 32.3 Å². The summed E-state index contributed by atoms with van der Waals surface area (Å²) in [6.45, 7) is 1.72. The van der Waals surface area contributed by atoms with Crippen LogP contribution in [-0.2, 0) is 4.79 Å². The third-order valence-corrected chi connectivity index (χ3v) is 7.86. The zero-order valence-electron chi connectivity index (χ0n) is 19.1. The number of H-pyrrole nitrogens is 1. The summed E-state index contributed by atoms with van der Waals surface area (Å²) in [5.74, 6) is 0.340. The van der Waals surface area contributed by atoms with E-state index in [4.69, 9.17) is 9.97 Å². The Bertz CT molecular complexity index is 1430. The Morgan fingerprint density at radius 1 is 1.15 bits per heavy atom. The van der Waals surface area contributed by atoms with Crippen LogP contribution in [-0.4, -0.2) is 70.3 Å². The maximum absolute atomic E-state index is 13.1. The molecule has 5 heterocycles. The standard InChI is InChI=1S/C25H26N6O2S/c1-30(2)14-7-10-31(11-8-14)25-27-17-6-4-3-5-15(17)21(28-25)20-19(23(32)29-24(20)33)16-13-26-18-9-12-34-22(16)18/h3-6,9,12-14,24,26,33H,7-8,10-11H2,1-2H3,(H,29,32). The predicted octanol–water partition coefficient (Wildman–Crippen LogP) is 3.06. The Kier molecular flexibility index (Phi) is 5.13. The number of nitrogens with zero attached hydrogens (tertiary/aromatic N) is 4. The number of benzene rings is 1. The van der Waals surface area contributed by atoms with E-state index in [0.29, 0.717) is 28.8 Å². The van der Waals surface area contributed by atoms with E-state index in [0.717, 1.165) is 52.6 Å². The molecular formula is C25H26N6O2S. The summed E-state index contributed by atoms with van der Waals surface area (Å²) < 4.78 is 0.987. The lowest BCUT2D eigenvalue weighted by Crippen LogP contribution is -2.42. The molecule has 0 spiro atoms. The topological polar surface area (TPSA) is 97.4 Å².